The van der Waals surface area contributed by atoms with Gasteiger partial charge >= 0.3 is 0 Å². The van der Waals surface area contributed by atoms with Gasteiger partial charge in [-0.2, -0.15) is 16.9 Å². The Bertz CT molecular complexity index is 872. The van der Waals surface area contributed by atoms with Gasteiger partial charge in [0.25, 0.3) is 0 Å². The number of nitrogens with zero attached hydrogens (tertiary/aromatic N) is 5. The maximum Gasteiger partial charge on any atom is 0.228 e. The van der Waals surface area contributed by atoms with E-state index in [4.69, 9.17) is 11.6 Å². The number of carbonyl (C=O) groups is 1. The van der Waals surface area contributed by atoms with Crippen LogP contribution < -0.4 is 4.90 Å². The summed E-state index contributed by atoms with van der Waals surface area (Å²) in [6.45, 7) is 0. The van der Waals surface area contributed by atoms with Crippen LogP contribution in [0.5, 0.6) is 0 Å². The molecule has 1 amide bonds. The van der Waals surface area contributed by atoms with E-state index in [1.54, 1.807) is 59.4 Å². The Morgan fingerprint density at radius 3 is 2.62 bits per heavy atom. The average Bonchev–Trinajstić information content (AvgIpc) is 3.08. The van der Waals surface area contributed by atoms with Crippen molar-refractivity contribution < 1.29 is 4.79 Å². The van der Waals surface area contributed by atoms with Gasteiger partial charge in [0.2, 0.25) is 5.91 Å². The van der Waals surface area contributed by atoms with Crippen LogP contribution in [0, 0.1) is 0 Å². The number of rotatable bonds is 6. The van der Waals surface area contributed by atoms with Crippen LogP contribution in [-0.2, 0) is 4.79 Å². The van der Waals surface area contributed by atoms with Gasteiger partial charge < -0.3 is 4.90 Å². The van der Waals surface area contributed by atoms with Gasteiger partial charge in [-0.3, -0.25) is 14.8 Å². The first-order valence-electron chi connectivity index (χ1n) is 7.95. The lowest BCUT2D eigenvalue weighted by molar-refractivity contribution is -0.118. The molecular weight excluding hydrogens is 370 g/mol. The summed E-state index contributed by atoms with van der Waals surface area (Å²) in [6.07, 6.45) is 10.9. The summed E-state index contributed by atoms with van der Waals surface area (Å²) in [5.41, 5.74) is 2.37. The van der Waals surface area contributed by atoms with Gasteiger partial charge in [-0.05, 0) is 30.0 Å². The summed E-state index contributed by atoms with van der Waals surface area (Å²) >= 11 is 7.88. The van der Waals surface area contributed by atoms with Crippen molar-refractivity contribution in [3.63, 3.8) is 0 Å². The second-order valence-electron chi connectivity index (χ2n) is 5.63. The Morgan fingerprint density at radius 2 is 2.00 bits per heavy atom. The molecule has 0 bridgehead atoms. The molecule has 0 saturated carbocycles. The highest BCUT2D eigenvalue weighted by molar-refractivity contribution is 7.98. The largest absolute Gasteiger partial charge is 0.311 e. The summed E-state index contributed by atoms with van der Waals surface area (Å²) in [5, 5.41) is 4.58. The fraction of sp³-hybridized carbons (Fsp3) is 0.222. The third-order valence-electron chi connectivity index (χ3n) is 4.00. The molecule has 0 aliphatic carbocycles. The Labute approximate surface area is 161 Å². The van der Waals surface area contributed by atoms with Crippen LogP contribution >= 0.6 is 23.4 Å². The lowest BCUT2D eigenvalue weighted by Gasteiger charge is -2.19. The molecule has 3 heterocycles. The minimum absolute atomic E-state index is 0.0331. The number of halogens is 1. The standard InChI is InChI=1S/C18H18ClN5OS/c1-23(17(25)9-16(26-2)13-5-3-7-20-10-13)15-12-24(22-18(15)19)14-6-4-8-21-11-14/h3-8,10-12,16H,9H2,1-2H3. The van der Waals surface area contributed by atoms with E-state index in [0.717, 1.165) is 11.3 Å². The fourth-order valence-corrected chi connectivity index (χ4v) is 3.50. The van der Waals surface area contributed by atoms with Crippen LogP contribution in [-0.4, -0.2) is 39.0 Å². The van der Waals surface area contributed by atoms with Gasteiger partial charge in [0.15, 0.2) is 5.15 Å². The molecule has 0 radical (unpaired) electrons. The molecular formula is C18H18ClN5OS. The van der Waals surface area contributed by atoms with E-state index in [9.17, 15) is 4.79 Å². The molecule has 134 valence electrons. The van der Waals surface area contributed by atoms with Gasteiger partial charge in [-0.1, -0.05) is 17.7 Å². The maximum atomic E-state index is 12.8. The molecule has 3 rings (SSSR count). The zero-order valence-corrected chi connectivity index (χ0v) is 16.0. The van der Waals surface area contributed by atoms with E-state index >= 15 is 0 Å². The summed E-state index contributed by atoms with van der Waals surface area (Å²) in [4.78, 5) is 22.5. The summed E-state index contributed by atoms with van der Waals surface area (Å²) in [5.74, 6) is -0.0409. The second-order valence-corrected chi connectivity index (χ2v) is 7.03. The van der Waals surface area contributed by atoms with Gasteiger partial charge in [0.1, 0.15) is 5.69 Å². The molecule has 0 saturated heterocycles. The molecule has 0 spiro atoms. The SMILES string of the molecule is CSC(CC(=O)N(C)c1cn(-c2cccnc2)nc1Cl)c1cccnc1. The molecule has 0 aromatic carbocycles. The van der Waals surface area contributed by atoms with Crippen LogP contribution in [0.3, 0.4) is 0 Å². The van der Waals surface area contributed by atoms with Crippen molar-refractivity contribution in [1.29, 1.82) is 0 Å². The average molecular weight is 388 g/mol. The highest BCUT2D eigenvalue weighted by Gasteiger charge is 2.22. The summed E-state index contributed by atoms with van der Waals surface area (Å²) in [7, 11) is 1.71. The fourth-order valence-electron chi connectivity index (χ4n) is 2.52. The zero-order valence-electron chi connectivity index (χ0n) is 14.4. The lowest BCUT2D eigenvalue weighted by Crippen LogP contribution is -2.27. The van der Waals surface area contributed by atoms with Crippen molar-refractivity contribution in [3.05, 3.63) is 66.0 Å². The number of hydrogen-bond donors (Lipinski definition) is 0. The Hall–Kier alpha value is -2.38. The Morgan fingerprint density at radius 1 is 1.27 bits per heavy atom. The van der Waals surface area contributed by atoms with E-state index in [1.807, 2.05) is 30.5 Å². The normalized spacial score (nSPS) is 12.0. The highest BCUT2D eigenvalue weighted by Crippen LogP contribution is 2.32. The van der Waals surface area contributed by atoms with Crippen molar-refractivity contribution in [2.75, 3.05) is 18.2 Å². The predicted molar refractivity (Wildman–Crippen MR) is 105 cm³/mol. The molecule has 0 N–H and O–H groups in total. The first-order valence-corrected chi connectivity index (χ1v) is 9.61. The predicted octanol–water partition coefficient (Wildman–Crippen LogP) is 3.77. The number of thioether (sulfide) groups is 1. The molecule has 0 aliphatic rings. The molecule has 3 aromatic rings. The Kier molecular flexibility index (Phi) is 5.90. The quantitative estimate of drug-likeness (QED) is 0.644. The van der Waals surface area contributed by atoms with E-state index in [1.165, 1.54) is 0 Å². The number of hydrogen-bond acceptors (Lipinski definition) is 5. The number of carbonyl (C=O) groups excluding carboxylic acids is 1. The van der Waals surface area contributed by atoms with Crippen molar-refractivity contribution in [2.45, 2.75) is 11.7 Å². The maximum absolute atomic E-state index is 12.8. The van der Waals surface area contributed by atoms with Crippen molar-refractivity contribution >= 4 is 35.0 Å². The number of amides is 1. The molecule has 8 heteroatoms. The first kappa shape index (κ1) is 18.4. The van der Waals surface area contributed by atoms with Gasteiger partial charge in [0.05, 0.1) is 18.1 Å². The monoisotopic (exact) mass is 387 g/mol. The van der Waals surface area contributed by atoms with Crippen LogP contribution in [0.1, 0.15) is 17.2 Å². The van der Waals surface area contributed by atoms with Gasteiger partial charge in [0, 0.05) is 37.3 Å². The number of anilines is 1. The highest BCUT2D eigenvalue weighted by atomic mass is 35.5. The number of aromatic nitrogens is 4. The van der Waals surface area contributed by atoms with Crippen molar-refractivity contribution in [3.8, 4) is 5.69 Å². The second kappa shape index (κ2) is 8.33. The van der Waals surface area contributed by atoms with Crippen LogP contribution in [0.4, 0.5) is 5.69 Å². The third-order valence-corrected chi connectivity index (χ3v) is 5.28. The lowest BCUT2D eigenvalue weighted by atomic mass is 10.1. The topological polar surface area (TPSA) is 63.9 Å². The van der Waals surface area contributed by atoms with E-state index in [2.05, 4.69) is 15.1 Å². The molecule has 0 fully saturated rings. The molecule has 1 atom stereocenters. The molecule has 3 aromatic heterocycles. The first-order chi connectivity index (χ1) is 12.6. The molecule has 6 nitrogen and oxygen atoms in total. The van der Waals surface area contributed by atoms with Crippen LogP contribution in [0.25, 0.3) is 5.69 Å². The van der Waals surface area contributed by atoms with E-state index in [-0.39, 0.29) is 16.3 Å². The zero-order chi connectivity index (χ0) is 18.5. The minimum atomic E-state index is -0.0409. The van der Waals surface area contributed by atoms with E-state index in [0.29, 0.717) is 12.1 Å². The number of pyridine rings is 2. The van der Waals surface area contributed by atoms with Gasteiger partial charge in [-0.25, -0.2) is 4.68 Å². The molecule has 1 unspecified atom stereocenters. The van der Waals surface area contributed by atoms with Crippen LogP contribution in [0.15, 0.2) is 55.2 Å². The summed E-state index contributed by atoms with van der Waals surface area (Å²) in [6, 6.07) is 7.54. The third kappa shape index (κ3) is 4.05. The molecule has 0 aliphatic heterocycles. The molecule has 26 heavy (non-hydrogen) atoms. The Balaban J connectivity index is 1.77. The summed E-state index contributed by atoms with van der Waals surface area (Å²) < 4.78 is 1.61. The minimum Gasteiger partial charge on any atom is -0.311 e. The van der Waals surface area contributed by atoms with Gasteiger partial charge in [-0.15, -0.1) is 0 Å². The van der Waals surface area contributed by atoms with Crippen LogP contribution in [0.2, 0.25) is 5.15 Å². The smallest absolute Gasteiger partial charge is 0.228 e. The van der Waals surface area contributed by atoms with E-state index < -0.39 is 0 Å². The van der Waals surface area contributed by atoms with Crippen molar-refractivity contribution in [2.24, 2.45) is 0 Å². The van der Waals surface area contributed by atoms with Crippen molar-refractivity contribution in [1.82, 2.24) is 19.7 Å².